The van der Waals surface area contributed by atoms with Crippen molar-refractivity contribution in [2.45, 2.75) is 64.7 Å². The largest absolute Gasteiger partial charge is 0.494 e. The molecule has 0 bridgehead atoms. The van der Waals surface area contributed by atoms with E-state index in [0.717, 1.165) is 41.8 Å². The van der Waals surface area contributed by atoms with Gasteiger partial charge in [-0.1, -0.05) is 57.0 Å². The van der Waals surface area contributed by atoms with Crippen molar-refractivity contribution in [1.82, 2.24) is 0 Å². The Labute approximate surface area is 204 Å². The molecule has 3 heteroatoms. The van der Waals surface area contributed by atoms with Crippen LogP contribution >= 0.6 is 0 Å². The smallest absolute Gasteiger partial charge is 0.146 e. The summed E-state index contributed by atoms with van der Waals surface area (Å²) >= 11 is 0. The van der Waals surface area contributed by atoms with Gasteiger partial charge in [0.15, 0.2) is 0 Å². The van der Waals surface area contributed by atoms with Crippen molar-refractivity contribution in [3.63, 3.8) is 0 Å². The maximum Gasteiger partial charge on any atom is 0.146 e. The van der Waals surface area contributed by atoms with Gasteiger partial charge in [0.2, 0.25) is 0 Å². The Morgan fingerprint density at radius 1 is 0.912 bits per heavy atom. The van der Waals surface area contributed by atoms with E-state index in [2.05, 4.69) is 63.2 Å². The van der Waals surface area contributed by atoms with Gasteiger partial charge >= 0.3 is 0 Å². The monoisotopic (exact) mass is 457 g/mol. The number of nitrogens with one attached hydrogen (secondary N) is 1. The number of ether oxygens (including phenoxy) is 1. The molecule has 0 heterocycles. The Hall–Kier alpha value is -3.25. The molecule has 3 rings (SSSR count). The van der Waals surface area contributed by atoms with Gasteiger partial charge in [0.25, 0.3) is 0 Å². The Balaban J connectivity index is 1.65. The summed E-state index contributed by atoms with van der Waals surface area (Å²) in [6, 6.07) is 21.5. The third kappa shape index (κ3) is 6.41. The van der Waals surface area contributed by atoms with Gasteiger partial charge in [-0.2, -0.15) is 0 Å². The number of hydrogen-bond donors (Lipinski definition) is 1. The molecule has 1 N–H and O–H groups in total. The molecule has 0 aliphatic heterocycles. The van der Waals surface area contributed by atoms with Gasteiger partial charge < -0.3 is 10.1 Å². The minimum absolute atomic E-state index is 0.0852. The summed E-state index contributed by atoms with van der Waals surface area (Å²) < 4.78 is 20.0. The van der Waals surface area contributed by atoms with E-state index in [-0.39, 0.29) is 16.6 Å². The molecule has 0 aliphatic carbocycles. The molecular weight excluding hydrogens is 421 g/mol. The molecule has 1 unspecified atom stereocenters. The maximum atomic E-state index is 14.5. The lowest BCUT2D eigenvalue weighted by molar-refractivity contribution is 0.340. The van der Waals surface area contributed by atoms with Gasteiger partial charge in [0.05, 0.1) is 17.7 Å². The Morgan fingerprint density at radius 2 is 1.56 bits per heavy atom. The second kappa shape index (κ2) is 10.8. The molecular formula is C31H36FNO. The first-order valence-corrected chi connectivity index (χ1v) is 12.0. The molecule has 0 amide bonds. The van der Waals surface area contributed by atoms with Gasteiger partial charge in [-0.3, -0.25) is 0 Å². The molecule has 3 aromatic rings. The molecule has 1 atom stereocenters. The summed E-state index contributed by atoms with van der Waals surface area (Å²) in [6.45, 7) is 11.3. The molecule has 0 aliphatic rings. The van der Waals surface area contributed by atoms with Crippen molar-refractivity contribution in [2.24, 2.45) is 0 Å². The highest BCUT2D eigenvalue weighted by Gasteiger charge is 2.23. The second-order valence-electron chi connectivity index (χ2n) is 10.1. The van der Waals surface area contributed by atoms with Gasteiger partial charge in [-0.15, -0.1) is 6.42 Å². The van der Waals surface area contributed by atoms with Crippen molar-refractivity contribution < 1.29 is 9.13 Å². The molecule has 0 saturated carbocycles. The maximum absolute atomic E-state index is 14.5. The van der Waals surface area contributed by atoms with E-state index in [9.17, 15) is 4.39 Å². The number of halogens is 1. The van der Waals surface area contributed by atoms with Crippen LogP contribution in [0.5, 0.6) is 5.75 Å². The van der Waals surface area contributed by atoms with Gasteiger partial charge in [0, 0.05) is 5.69 Å². The SMILES string of the molecule is C#CC(C)(CCCc1ccc(F)c(Nc2ccc(C(C)(C)C)cc2)c1)c1ccc(OCC)cc1. The number of aryl methyl sites for hydroxylation is 1. The van der Waals surface area contributed by atoms with Crippen LogP contribution < -0.4 is 10.1 Å². The zero-order valence-electron chi connectivity index (χ0n) is 21.0. The molecule has 178 valence electrons. The second-order valence-corrected chi connectivity index (χ2v) is 10.1. The van der Waals surface area contributed by atoms with E-state index < -0.39 is 0 Å². The van der Waals surface area contributed by atoms with Crippen LogP contribution in [0.25, 0.3) is 0 Å². The predicted octanol–water partition coefficient (Wildman–Crippen LogP) is 8.18. The highest BCUT2D eigenvalue weighted by atomic mass is 19.1. The normalized spacial score (nSPS) is 13.1. The quantitative estimate of drug-likeness (QED) is 0.327. The highest BCUT2D eigenvalue weighted by molar-refractivity contribution is 5.61. The first-order valence-electron chi connectivity index (χ1n) is 12.0. The summed E-state index contributed by atoms with van der Waals surface area (Å²) in [7, 11) is 0. The van der Waals surface area contributed by atoms with Crippen LogP contribution in [0.4, 0.5) is 15.8 Å². The van der Waals surface area contributed by atoms with E-state index in [1.54, 1.807) is 0 Å². The van der Waals surface area contributed by atoms with Crippen LogP contribution in [-0.2, 0) is 17.3 Å². The van der Waals surface area contributed by atoms with Crippen molar-refractivity contribution in [3.8, 4) is 18.1 Å². The Morgan fingerprint density at radius 3 is 2.15 bits per heavy atom. The summed E-state index contributed by atoms with van der Waals surface area (Å²) in [5.74, 6) is 3.58. The molecule has 0 radical (unpaired) electrons. The average Bonchev–Trinajstić information content (AvgIpc) is 2.81. The standard InChI is InChI=1S/C31H36FNO/c1-7-31(6,25-14-18-27(19-15-25)34-8-2)21-9-10-23-11-20-28(32)29(22-23)33-26-16-12-24(13-17-26)30(3,4)5/h1,11-20,22,33H,8-10,21H2,2-6H3. The first kappa shape index (κ1) is 25.4. The fourth-order valence-corrected chi connectivity index (χ4v) is 4.06. The lowest BCUT2D eigenvalue weighted by Gasteiger charge is -2.24. The number of terminal acetylenes is 1. The van der Waals surface area contributed by atoms with Crippen molar-refractivity contribution >= 4 is 11.4 Å². The van der Waals surface area contributed by atoms with Crippen molar-refractivity contribution in [2.75, 3.05) is 11.9 Å². The summed E-state index contributed by atoms with van der Waals surface area (Å²) in [4.78, 5) is 0. The van der Waals surface area contributed by atoms with Crippen LogP contribution in [0.2, 0.25) is 0 Å². The molecule has 0 spiro atoms. The number of hydrogen-bond acceptors (Lipinski definition) is 2. The zero-order valence-corrected chi connectivity index (χ0v) is 21.0. The minimum atomic E-state index is -0.360. The Bertz CT molecular complexity index is 1120. The number of anilines is 2. The third-order valence-corrected chi connectivity index (χ3v) is 6.32. The number of rotatable bonds is 9. The van der Waals surface area contributed by atoms with Gasteiger partial charge in [-0.05, 0) is 91.6 Å². The predicted molar refractivity (Wildman–Crippen MR) is 142 cm³/mol. The third-order valence-electron chi connectivity index (χ3n) is 6.32. The fraction of sp³-hybridized carbons (Fsp3) is 0.355. The zero-order chi connectivity index (χ0) is 24.8. The van der Waals surface area contributed by atoms with Crippen molar-refractivity contribution in [3.05, 3.63) is 89.2 Å². The molecule has 0 saturated heterocycles. The first-order chi connectivity index (χ1) is 16.1. The van der Waals surface area contributed by atoms with Crippen LogP contribution in [0, 0.1) is 18.2 Å². The molecule has 0 fully saturated rings. The summed E-state index contributed by atoms with van der Waals surface area (Å²) in [5.41, 5.74) is 4.53. The summed E-state index contributed by atoms with van der Waals surface area (Å²) in [6.07, 6.45) is 8.51. The van der Waals surface area contributed by atoms with Crippen LogP contribution in [-0.4, -0.2) is 6.61 Å². The summed E-state index contributed by atoms with van der Waals surface area (Å²) in [5, 5.41) is 3.23. The highest BCUT2D eigenvalue weighted by Crippen LogP contribution is 2.31. The Kier molecular flexibility index (Phi) is 8.05. The van der Waals surface area contributed by atoms with Crippen LogP contribution in [0.3, 0.4) is 0 Å². The number of benzene rings is 3. The van der Waals surface area contributed by atoms with E-state index in [0.29, 0.717) is 12.3 Å². The van der Waals surface area contributed by atoms with Gasteiger partial charge in [-0.25, -0.2) is 4.39 Å². The van der Waals surface area contributed by atoms with E-state index in [1.807, 2.05) is 43.3 Å². The average molecular weight is 458 g/mol. The fourth-order valence-electron chi connectivity index (χ4n) is 4.06. The van der Waals surface area contributed by atoms with Crippen LogP contribution in [0.15, 0.2) is 66.7 Å². The topological polar surface area (TPSA) is 21.3 Å². The molecule has 3 aromatic carbocycles. The van der Waals surface area contributed by atoms with Gasteiger partial charge in [0.1, 0.15) is 11.6 Å². The van der Waals surface area contributed by atoms with E-state index in [4.69, 9.17) is 11.2 Å². The minimum Gasteiger partial charge on any atom is -0.494 e. The lowest BCUT2D eigenvalue weighted by Crippen LogP contribution is -2.19. The van der Waals surface area contributed by atoms with Crippen molar-refractivity contribution in [1.29, 1.82) is 0 Å². The molecule has 34 heavy (non-hydrogen) atoms. The van der Waals surface area contributed by atoms with E-state index >= 15 is 0 Å². The van der Waals surface area contributed by atoms with E-state index in [1.165, 1.54) is 11.6 Å². The molecule has 0 aromatic heterocycles. The molecule has 2 nitrogen and oxygen atoms in total. The van der Waals surface area contributed by atoms with Crippen LogP contribution in [0.1, 0.15) is 64.2 Å². The lowest BCUT2D eigenvalue weighted by atomic mass is 9.78.